The van der Waals surface area contributed by atoms with E-state index in [0.29, 0.717) is 17.3 Å². The second kappa shape index (κ2) is 12.5. The number of nitrogens with one attached hydrogen (secondary N) is 1. The molecule has 0 saturated carbocycles. The van der Waals surface area contributed by atoms with Crippen molar-refractivity contribution in [3.05, 3.63) is 94.7 Å². The molecule has 1 N–H and O–H groups in total. The summed E-state index contributed by atoms with van der Waals surface area (Å²) in [4.78, 5) is 22.5. The smallest absolute Gasteiger partial charge is 0.271 e. The van der Waals surface area contributed by atoms with Crippen molar-refractivity contribution >= 4 is 5.69 Å². The number of nitrogens with zero attached hydrogens (tertiary/aromatic N) is 5. The van der Waals surface area contributed by atoms with Gasteiger partial charge in [-0.2, -0.15) is 9.78 Å². The zero-order chi connectivity index (χ0) is 28.1. The van der Waals surface area contributed by atoms with Gasteiger partial charge < -0.3 is 15.1 Å². The van der Waals surface area contributed by atoms with Crippen molar-refractivity contribution in [1.82, 2.24) is 24.6 Å². The third-order valence-electron chi connectivity index (χ3n) is 7.74. The third kappa shape index (κ3) is 6.29. The molecule has 2 aromatic carbocycles. The first kappa shape index (κ1) is 27.7. The standard InChI is InChI=1S/C32H37FN6O/c1-4-24(22-38-19-17-37(3)18-20-38)21-35-27-15-16-34-32(25-9-11-26(33)12-10-25)31(27)28-13-14-30(40)39(36-28)29-8-6-5-7-23(29)2/h5-16,24H,4,17-22H2,1-3H3,(H,34,35). The second-order valence-corrected chi connectivity index (χ2v) is 10.6. The normalized spacial score (nSPS) is 15.2. The summed E-state index contributed by atoms with van der Waals surface area (Å²) in [5, 5.41) is 8.51. The highest BCUT2D eigenvalue weighted by Crippen LogP contribution is 2.35. The number of anilines is 1. The maximum atomic E-state index is 13.8. The third-order valence-corrected chi connectivity index (χ3v) is 7.74. The number of rotatable bonds is 9. The van der Waals surface area contributed by atoms with Gasteiger partial charge in [0, 0.05) is 62.8 Å². The van der Waals surface area contributed by atoms with Gasteiger partial charge in [-0.25, -0.2) is 4.39 Å². The molecule has 3 heterocycles. The Morgan fingerprint density at radius 1 is 0.975 bits per heavy atom. The van der Waals surface area contributed by atoms with Crippen LogP contribution in [0.3, 0.4) is 0 Å². The van der Waals surface area contributed by atoms with Crippen molar-refractivity contribution in [2.75, 3.05) is 51.6 Å². The molecular weight excluding hydrogens is 503 g/mol. The van der Waals surface area contributed by atoms with Crippen LogP contribution in [0.5, 0.6) is 0 Å². The quantitative estimate of drug-likeness (QED) is 0.319. The maximum Gasteiger partial charge on any atom is 0.271 e. The maximum absolute atomic E-state index is 13.8. The molecule has 0 aliphatic carbocycles. The predicted octanol–water partition coefficient (Wildman–Crippen LogP) is 5.09. The predicted molar refractivity (Wildman–Crippen MR) is 159 cm³/mol. The van der Waals surface area contributed by atoms with Crippen molar-refractivity contribution in [2.45, 2.75) is 20.3 Å². The lowest BCUT2D eigenvalue weighted by molar-refractivity contribution is 0.137. The van der Waals surface area contributed by atoms with E-state index in [2.05, 4.69) is 29.1 Å². The molecule has 4 aromatic rings. The Bertz CT molecular complexity index is 1490. The number of para-hydroxylation sites is 1. The van der Waals surface area contributed by atoms with E-state index in [1.807, 2.05) is 37.3 Å². The number of aromatic nitrogens is 3. The summed E-state index contributed by atoms with van der Waals surface area (Å²) in [6.07, 6.45) is 2.82. The van der Waals surface area contributed by atoms with Gasteiger partial charge in [0.15, 0.2) is 0 Å². The van der Waals surface area contributed by atoms with E-state index < -0.39 is 0 Å². The first-order chi connectivity index (χ1) is 19.4. The highest BCUT2D eigenvalue weighted by molar-refractivity contribution is 5.88. The lowest BCUT2D eigenvalue weighted by Crippen LogP contribution is -2.46. The van der Waals surface area contributed by atoms with Crippen molar-refractivity contribution < 1.29 is 4.39 Å². The molecule has 40 heavy (non-hydrogen) atoms. The van der Waals surface area contributed by atoms with Crippen molar-refractivity contribution in [2.24, 2.45) is 5.92 Å². The first-order valence-electron chi connectivity index (χ1n) is 14.0. The van der Waals surface area contributed by atoms with Crippen molar-refractivity contribution in [3.8, 4) is 28.2 Å². The van der Waals surface area contributed by atoms with Crippen LogP contribution in [0, 0.1) is 18.7 Å². The molecular formula is C32H37FN6O. The van der Waals surface area contributed by atoms with Gasteiger partial charge in [0.25, 0.3) is 5.56 Å². The average molecular weight is 541 g/mol. The summed E-state index contributed by atoms with van der Waals surface area (Å²) in [5.41, 5.74) is 5.21. The fourth-order valence-corrected chi connectivity index (χ4v) is 5.20. The summed E-state index contributed by atoms with van der Waals surface area (Å²) in [6, 6.07) is 19.3. The summed E-state index contributed by atoms with van der Waals surface area (Å²) in [6.45, 7) is 10.4. The highest BCUT2D eigenvalue weighted by Gasteiger charge is 2.20. The fourth-order valence-electron chi connectivity index (χ4n) is 5.20. The Hall–Kier alpha value is -3.88. The Balaban J connectivity index is 1.52. The summed E-state index contributed by atoms with van der Waals surface area (Å²) in [7, 11) is 2.18. The monoisotopic (exact) mass is 540 g/mol. The van der Waals surface area contributed by atoms with Gasteiger partial charge in [-0.05, 0) is 67.9 Å². The number of likely N-dealkylation sites (N-methyl/N-ethyl adjacent to an activating group) is 1. The van der Waals surface area contributed by atoms with E-state index in [4.69, 9.17) is 10.1 Å². The Morgan fingerprint density at radius 3 is 2.45 bits per heavy atom. The van der Waals surface area contributed by atoms with Crippen LogP contribution in [0.2, 0.25) is 0 Å². The van der Waals surface area contributed by atoms with Gasteiger partial charge in [-0.15, -0.1) is 0 Å². The van der Waals surface area contributed by atoms with Crippen LogP contribution in [0.15, 0.2) is 77.7 Å². The molecule has 1 aliphatic rings. The highest BCUT2D eigenvalue weighted by atomic mass is 19.1. The summed E-state index contributed by atoms with van der Waals surface area (Å²) < 4.78 is 15.2. The molecule has 0 bridgehead atoms. The minimum absolute atomic E-state index is 0.210. The van der Waals surface area contributed by atoms with Gasteiger partial charge >= 0.3 is 0 Å². The fraction of sp³-hybridized carbons (Fsp3) is 0.344. The van der Waals surface area contributed by atoms with Gasteiger partial charge in [0.05, 0.1) is 22.6 Å². The zero-order valence-corrected chi connectivity index (χ0v) is 23.5. The van der Waals surface area contributed by atoms with Crippen LogP contribution in [-0.2, 0) is 0 Å². The first-order valence-corrected chi connectivity index (χ1v) is 14.0. The molecule has 8 heteroatoms. The number of pyridine rings is 1. The van der Waals surface area contributed by atoms with Crippen LogP contribution < -0.4 is 10.9 Å². The molecule has 0 spiro atoms. The number of aryl methyl sites for hydroxylation is 1. The molecule has 2 aromatic heterocycles. The SMILES string of the molecule is CCC(CNc1ccnc(-c2ccc(F)cc2)c1-c1ccc(=O)n(-c2ccccc2C)n1)CN1CCN(C)CC1. The zero-order valence-electron chi connectivity index (χ0n) is 23.5. The van der Waals surface area contributed by atoms with E-state index in [1.165, 1.54) is 16.8 Å². The number of halogens is 1. The lowest BCUT2D eigenvalue weighted by Gasteiger charge is -2.34. The molecule has 1 unspecified atom stereocenters. The van der Waals surface area contributed by atoms with Gasteiger partial charge in [-0.3, -0.25) is 9.78 Å². The minimum Gasteiger partial charge on any atom is -0.384 e. The molecule has 0 amide bonds. The van der Waals surface area contributed by atoms with Crippen molar-refractivity contribution in [1.29, 1.82) is 0 Å². The molecule has 1 fully saturated rings. The topological polar surface area (TPSA) is 66.3 Å². The van der Waals surface area contributed by atoms with E-state index in [0.717, 1.165) is 73.8 Å². The Morgan fingerprint density at radius 2 is 1.73 bits per heavy atom. The molecule has 5 rings (SSSR count). The van der Waals surface area contributed by atoms with Crippen LogP contribution in [0.1, 0.15) is 18.9 Å². The lowest BCUT2D eigenvalue weighted by atomic mass is 10.00. The van der Waals surface area contributed by atoms with E-state index in [-0.39, 0.29) is 11.4 Å². The average Bonchev–Trinajstić information content (AvgIpc) is 2.97. The number of benzene rings is 2. The summed E-state index contributed by atoms with van der Waals surface area (Å²) in [5.74, 6) is 0.160. The number of piperazine rings is 1. The van der Waals surface area contributed by atoms with Gasteiger partial charge in [0.1, 0.15) is 5.82 Å². The molecule has 208 valence electrons. The van der Waals surface area contributed by atoms with E-state index in [9.17, 15) is 9.18 Å². The second-order valence-electron chi connectivity index (χ2n) is 10.6. The molecule has 0 radical (unpaired) electrons. The van der Waals surface area contributed by atoms with Gasteiger partial charge in [-0.1, -0.05) is 31.5 Å². The molecule has 1 aliphatic heterocycles. The summed E-state index contributed by atoms with van der Waals surface area (Å²) >= 11 is 0. The van der Waals surface area contributed by atoms with Gasteiger partial charge in [0.2, 0.25) is 0 Å². The van der Waals surface area contributed by atoms with Crippen LogP contribution in [0.4, 0.5) is 10.1 Å². The number of hydrogen-bond donors (Lipinski definition) is 1. The van der Waals surface area contributed by atoms with E-state index >= 15 is 0 Å². The van der Waals surface area contributed by atoms with E-state index in [1.54, 1.807) is 30.5 Å². The van der Waals surface area contributed by atoms with Crippen molar-refractivity contribution in [3.63, 3.8) is 0 Å². The Kier molecular flexibility index (Phi) is 8.67. The number of hydrogen-bond acceptors (Lipinski definition) is 6. The van der Waals surface area contributed by atoms with Crippen LogP contribution >= 0.6 is 0 Å². The largest absolute Gasteiger partial charge is 0.384 e. The van der Waals surface area contributed by atoms with Crippen LogP contribution in [-0.4, -0.2) is 70.9 Å². The van der Waals surface area contributed by atoms with Crippen LogP contribution in [0.25, 0.3) is 28.2 Å². The molecule has 1 saturated heterocycles. The molecule has 7 nitrogen and oxygen atoms in total. The molecule has 1 atom stereocenters. The minimum atomic E-state index is -0.305. The Labute approximate surface area is 235 Å².